The van der Waals surface area contributed by atoms with Crippen molar-refractivity contribution in [3.05, 3.63) is 0 Å². The molecule has 1 rings (SSSR count). The van der Waals surface area contributed by atoms with Gasteiger partial charge in [-0.1, -0.05) is 103 Å². The molecule has 0 N–H and O–H groups in total. The van der Waals surface area contributed by atoms with E-state index < -0.39 is 0 Å². The van der Waals surface area contributed by atoms with Crippen molar-refractivity contribution in [2.45, 2.75) is 48.7 Å². The van der Waals surface area contributed by atoms with Gasteiger partial charge in [0.1, 0.15) is 0 Å². The van der Waals surface area contributed by atoms with Crippen LogP contribution in [0.4, 0.5) is 0 Å². The quantitative estimate of drug-likeness (QED) is 0.326. The van der Waals surface area contributed by atoms with Crippen molar-refractivity contribution in [3.8, 4) is 0 Å². The molecule has 6 heteroatoms. The molecule has 96 valence electrons. The molecule has 0 spiro atoms. The molecule has 0 heterocycles. The summed E-state index contributed by atoms with van der Waals surface area (Å²) in [5.41, 5.74) is 0. The average molecular weight is 614 g/mol. The van der Waals surface area contributed by atoms with E-state index in [2.05, 4.69) is 103 Å². The first-order chi connectivity index (χ1) is 7.24. The minimum absolute atomic E-state index is 0.0114. The molecule has 0 bridgehead atoms. The van der Waals surface area contributed by atoms with Crippen LogP contribution in [0.5, 0.6) is 0 Å². The van der Waals surface area contributed by atoms with E-state index in [-0.39, 0.29) is 3.23 Å². The van der Waals surface area contributed by atoms with E-state index in [0.29, 0.717) is 25.2 Å². The number of hydrogen-bond donors (Lipinski definition) is 0. The van der Waals surface area contributed by atoms with Gasteiger partial charge in [-0.15, -0.1) is 0 Å². The summed E-state index contributed by atoms with van der Waals surface area (Å²) in [6, 6.07) is 0. The highest BCUT2D eigenvalue weighted by Crippen LogP contribution is 2.47. The molecule has 1 saturated carbocycles. The van der Waals surface area contributed by atoms with Crippen molar-refractivity contribution in [1.82, 2.24) is 0 Å². The van der Waals surface area contributed by atoms with Crippen LogP contribution >= 0.6 is 95.6 Å². The molecule has 0 amide bonds. The molecule has 0 aromatic carbocycles. The molecule has 1 fully saturated rings. The first-order valence-corrected chi connectivity index (χ1v) is 10.4. The predicted molar refractivity (Wildman–Crippen MR) is 94.5 cm³/mol. The van der Waals surface area contributed by atoms with Gasteiger partial charge in [0.25, 0.3) is 0 Å². The smallest absolute Gasteiger partial charge is 0.0887 e. The minimum Gasteiger partial charge on any atom is -0.0887 e. The molecule has 0 aromatic heterocycles. The van der Waals surface area contributed by atoms with Crippen molar-refractivity contribution in [1.29, 1.82) is 0 Å². The van der Waals surface area contributed by atoms with Gasteiger partial charge in [0.2, 0.25) is 0 Å². The Morgan fingerprint density at radius 3 is 2.06 bits per heavy atom. The van der Waals surface area contributed by atoms with Gasteiger partial charge in [-0.05, 0) is 25.2 Å². The van der Waals surface area contributed by atoms with Crippen molar-refractivity contribution in [2.75, 3.05) is 0 Å². The maximum absolute atomic E-state index is 3.82. The third-order valence-electron chi connectivity index (χ3n) is 3.00. The second-order valence-corrected chi connectivity index (χ2v) is 13.2. The highest BCUT2D eigenvalue weighted by Gasteiger charge is 2.39. The van der Waals surface area contributed by atoms with Crippen LogP contribution in [0, 0.1) is 5.92 Å². The average Bonchev–Trinajstić information content (AvgIpc) is 2.13. The molecule has 0 radical (unpaired) electrons. The second-order valence-electron chi connectivity index (χ2n) is 4.36. The Morgan fingerprint density at radius 2 is 1.56 bits per heavy atom. The largest absolute Gasteiger partial charge is 0.0930 e. The molecule has 0 aliphatic heterocycles. The van der Waals surface area contributed by atoms with Gasteiger partial charge in [-0.2, -0.15) is 0 Å². The van der Waals surface area contributed by atoms with Crippen LogP contribution in [0.25, 0.3) is 0 Å². The minimum atomic E-state index is -0.0114. The molecule has 16 heavy (non-hydrogen) atoms. The van der Waals surface area contributed by atoms with Gasteiger partial charge >= 0.3 is 0 Å². The van der Waals surface area contributed by atoms with Crippen LogP contribution in [0.3, 0.4) is 0 Å². The van der Waals surface area contributed by atoms with E-state index in [1.807, 2.05) is 0 Å². The molecule has 5 unspecified atom stereocenters. The Balaban J connectivity index is 2.60. The number of rotatable bonds is 3. The van der Waals surface area contributed by atoms with Gasteiger partial charge in [0.15, 0.2) is 0 Å². The first kappa shape index (κ1) is 16.9. The summed E-state index contributed by atoms with van der Waals surface area (Å²) >= 11 is 22.5. The van der Waals surface area contributed by atoms with Gasteiger partial charge in [-0.3, -0.25) is 0 Å². The fraction of sp³-hybridized carbons (Fsp3) is 1.00. The zero-order chi connectivity index (χ0) is 12.5. The van der Waals surface area contributed by atoms with Crippen LogP contribution in [0.2, 0.25) is 0 Å². The molecule has 0 saturated heterocycles. The lowest BCUT2D eigenvalue weighted by Gasteiger charge is -2.38. The summed E-state index contributed by atoms with van der Waals surface area (Å²) in [7, 11) is 0. The van der Waals surface area contributed by atoms with Crippen molar-refractivity contribution < 1.29 is 0 Å². The molecular weight excluding hydrogens is 600 g/mol. The molecule has 0 aromatic rings. The van der Waals surface area contributed by atoms with Crippen LogP contribution in [0.15, 0.2) is 0 Å². The standard InChI is InChI=1S/C10H14Br6/c1-5(11)10(15,16)4-6-2-8(13)9(14)3-7(6)12/h5-9H,2-4H2,1H3. The van der Waals surface area contributed by atoms with Crippen LogP contribution < -0.4 is 0 Å². The van der Waals surface area contributed by atoms with E-state index in [9.17, 15) is 0 Å². The highest BCUT2D eigenvalue weighted by atomic mass is 79.9. The molecule has 5 atom stereocenters. The second kappa shape index (κ2) is 7.05. The SMILES string of the molecule is CC(Br)C(Br)(Br)CC1CC(Br)C(Br)CC1Br. The fourth-order valence-electron chi connectivity index (χ4n) is 1.86. The monoisotopic (exact) mass is 608 g/mol. The Labute approximate surface area is 148 Å². The summed E-state index contributed by atoms with van der Waals surface area (Å²) in [5, 5.41) is 0. The van der Waals surface area contributed by atoms with E-state index >= 15 is 0 Å². The van der Waals surface area contributed by atoms with E-state index in [4.69, 9.17) is 0 Å². The number of alkyl halides is 6. The third kappa shape index (κ3) is 4.77. The lowest BCUT2D eigenvalue weighted by atomic mass is 9.85. The third-order valence-corrected chi connectivity index (χ3v) is 10.9. The maximum Gasteiger partial charge on any atom is 0.0930 e. The van der Waals surface area contributed by atoms with Crippen LogP contribution in [-0.4, -0.2) is 22.5 Å². The predicted octanol–water partition coefficient (Wildman–Crippen LogP) is 6.35. The van der Waals surface area contributed by atoms with E-state index in [1.165, 1.54) is 12.8 Å². The normalized spacial score (nSPS) is 38.4. The summed E-state index contributed by atoms with van der Waals surface area (Å²) < 4.78 is -0.0114. The van der Waals surface area contributed by atoms with Crippen LogP contribution in [-0.2, 0) is 0 Å². The Hall–Kier alpha value is 2.88. The Morgan fingerprint density at radius 1 is 1.06 bits per heavy atom. The molecule has 1 aliphatic carbocycles. The summed E-state index contributed by atoms with van der Waals surface area (Å²) in [6.07, 6.45) is 3.48. The van der Waals surface area contributed by atoms with Crippen molar-refractivity contribution >= 4 is 95.6 Å². The van der Waals surface area contributed by atoms with Gasteiger partial charge in [0.05, 0.1) is 3.23 Å². The molecular formula is C10H14Br6. The van der Waals surface area contributed by atoms with Crippen molar-refractivity contribution in [3.63, 3.8) is 0 Å². The fourth-order valence-corrected chi connectivity index (χ4v) is 5.50. The van der Waals surface area contributed by atoms with Gasteiger partial charge in [-0.25, -0.2) is 0 Å². The lowest BCUT2D eigenvalue weighted by molar-refractivity contribution is 0.366. The highest BCUT2D eigenvalue weighted by molar-refractivity contribution is 9.26. The van der Waals surface area contributed by atoms with Gasteiger partial charge in [0, 0.05) is 19.3 Å². The van der Waals surface area contributed by atoms with Gasteiger partial charge < -0.3 is 0 Å². The zero-order valence-corrected chi connectivity index (χ0v) is 18.3. The van der Waals surface area contributed by atoms with Crippen molar-refractivity contribution in [2.24, 2.45) is 5.92 Å². The maximum atomic E-state index is 3.82. The Kier molecular flexibility index (Phi) is 7.46. The summed E-state index contributed by atoms with van der Waals surface area (Å²) in [5.74, 6) is 0.678. The van der Waals surface area contributed by atoms with Crippen LogP contribution in [0.1, 0.15) is 26.2 Å². The number of hydrogen-bond acceptors (Lipinski definition) is 0. The molecule has 0 nitrogen and oxygen atoms in total. The van der Waals surface area contributed by atoms with E-state index in [1.54, 1.807) is 0 Å². The lowest BCUT2D eigenvalue weighted by Crippen LogP contribution is -2.37. The topological polar surface area (TPSA) is 0 Å². The number of halogens is 6. The first-order valence-electron chi connectivity index (χ1n) is 5.18. The summed E-state index contributed by atoms with van der Waals surface area (Å²) in [6.45, 7) is 2.16. The van der Waals surface area contributed by atoms with E-state index in [0.717, 1.165) is 6.42 Å². The zero-order valence-electron chi connectivity index (χ0n) is 8.78. The Bertz CT molecular complexity index is 229. The molecule has 1 aliphatic rings. The summed E-state index contributed by atoms with van der Waals surface area (Å²) in [4.78, 5) is 2.14.